The molecule has 2 rings (SSSR count). The van der Waals surface area contributed by atoms with Gasteiger partial charge in [-0.05, 0) is 47.7 Å². The molecule has 1 amide bonds. The van der Waals surface area contributed by atoms with Crippen LogP contribution in [0.1, 0.15) is 23.0 Å². The molecule has 0 aliphatic rings. The smallest absolute Gasteiger partial charge is 0.258 e. The quantitative estimate of drug-likeness (QED) is 0.356. The van der Waals surface area contributed by atoms with Crippen molar-refractivity contribution in [3.05, 3.63) is 44.2 Å². The van der Waals surface area contributed by atoms with Gasteiger partial charge in [0.05, 0.1) is 5.56 Å². The molecule has 0 aliphatic heterocycles. The molecule has 0 saturated heterocycles. The molecule has 2 N–H and O–H groups in total. The molecule has 1 heterocycles. The first kappa shape index (κ1) is 14.9. The molecule has 5 nitrogen and oxygen atoms in total. The first-order valence-electron chi connectivity index (χ1n) is 5.42. The van der Waals surface area contributed by atoms with E-state index in [0.717, 1.165) is 0 Å². The van der Waals surface area contributed by atoms with Gasteiger partial charge in [-0.1, -0.05) is 5.16 Å². The third-order valence-corrected chi connectivity index (χ3v) is 4.07. The first-order chi connectivity index (χ1) is 9.51. The highest BCUT2D eigenvalue weighted by Crippen LogP contribution is 2.19. The molecule has 1 aromatic carbocycles. The van der Waals surface area contributed by atoms with E-state index in [1.54, 1.807) is 12.3 Å². The molecule has 0 aliphatic carbocycles. The predicted molar refractivity (Wildman–Crippen MR) is 83.2 cm³/mol. The van der Waals surface area contributed by atoms with E-state index < -0.39 is 5.82 Å². The largest absolute Gasteiger partial charge is 0.411 e. The summed E-state index contributed by atoms with van der Waals surface area (Å²) in [5.74, 6) is -0.758. The number of carbonyl (C=O) groups is 1. The number of nitrogens with one attached hydrogen (secondary N) is 1. The van der Waals surface area contributed by atoms with Crippen LogP contribution in [0.5, 0.6) is 0 Å². The Balaban J connectivity index is 2.17. The number of carbonyl (C=O) groups excluding carboxylic acids is 1. The summed E-state index contributed by atoms with van der Waals surface area (Å²) in [6.45, 7) is 1.60. The lowest BCUT2D eigenvalue weighted by molar-refractivity contribution is 0.102. The van der Waals surface area contributed by atoms with E-state index in [4.69, 9.17) is 5.21 Å². The molecule has 104 valence electrons. The van der Waals surface area contributed by atoms with Crippen LogP contribution < -0.4 is 5.32 Å². The fraction of sp³-hybridized carbons (Fsp3) is 0.0833. The van der Waals surface area contributed by atoms with Crippen molar-refractivity contribution < 1.29 is 14.4 Å². The average Bonchev–Trinajstić information content (AvgIpc) is 2.86. The number of oxime groups is 1. The van der Waals surface area contributed by atoms with E-state index in [1.807, 2.05) is 22.6 Å². The molecule has 0 saturated carbocycles. The Morgan fingerprint density at radius 1 is 1.55 bits per heavy atom. The number of nitrogens with zero attached hydrogens (tertiary/aromatic N) is 2. The molecule has 0 spiro atoms. The van der Waals surface area contributed by atoms with Crippen molar-refractivity contribution in [1.29, 1.82) is 0 Å². The number of amides is 1. The van der Waals surface area contributed by atoms with E-state index in [0.29, 0.717) is 25.7 Å². The molecule has 2 aromatic rings. The fourth-order valence-corrected chi connectivity index (χ4v) is 2.86. The minimum Gasteiger partial charge on any atom is -0.411 e. The summed E-state index contributed by atoms with van der Waals surface area (Å²) in [4.78, 5) is 16.2. The maximum atomic E-state index is 13.0. The highest BCUT2D eigenvalue weighted by atomic mass is 127. The summed E-state index contributed by atoms with van der Waals surface area (Å²) >= 11 is 3.11. The van der Waals surface area contributed by atoms with Crippen LogP contribution in [0.2, 0.25) is 0 Å². The molecule has 0 radical (unpaired) electrons. The number of benzene rings is 1. The Labute approximate surface area is 131 Å². The average molecular weight is 405 g/mol. The van der Waals surface area contributed by atoms with Gasteiger partial charge in [-0.3, -0.25) is 10.1 Å². The van der Waals surface area contributed by atoms with Crippen LogP contribution in [0.3, 0.4) is 0 Å². The van der Waals surface area contributed by atoms with Crippen molar-refractivity contribution in [2.24, 2.45) is 5.16 Å². The van der Waals surface area contributed by atoms with E-state index >= 15 is 0 Å². The van der Waals surface area contributed by atoms with Crippen molar-refractivity contribution >= 4 is 50.7 Å². The first-order valence-corrected chi connectivity index (χ1v) is 7.38. The molecular weight excluding hydrogens is 396 g/mol. The molecule has 0 atom stereocenters. The Bertz CT molecular complexity index is 687. The summed E-state index contributed by atoms with van der Waals surface area (Å²) in [5.41, 5.74) is 1.22. The van der Waals surface area contributed by atoms with Gasteiger partial charge < -0.3 is 5.21 Å². The maximum Gasteiger partial charge on any atom is 0.258 e. The zero-order valence-electron chi connectivity index (χ0n) is 10.2. The third-order valence-electron chi connectivity index (χ3n) is 2.42. The Morgan fingerprint density at radius 2 is 2.30 bits per heavy atom. The number of hydrogen-bond donors (Lipinski definition) is 2. The van der Waals surface area contributed by atoms with Gasteiger partial charge in [-0.15, -0.1) is 11.3 Å². The molecule has 0 bridgehead atoms. The second-order valence-electron chi connectivity index (χ2n) is 3.80. The minimum absolute atomic E-state index is 0.359. The summed E-state index contributed by atoms with van der Waals surface area (Å²) in [5, 5.41) is 16.4. The van der Waals surface area contributed by atoms with E-state index in [9.17, 15) is 9.18 Å². The zero-order chi connectivity index (χ0) is 14.7. The Hall–Kier alpha value is -1.55. The second-order valence-corrected chi connectivity index (χ2v) is 5.82. The summed E-state index contributed by atoms with van der Waals surface area (Å²) < 4.78 is 13.5. The van der Waals surface area contributed by atoms with Crippen LogP contribution in [0.15, 0.2) is 28.7 Å². The van der Waals surface area contributed by atoms with Gasteiger partial charge in [0.1, 0.15) is 17.2 Å². The van der Waals surface area contributed by atoms with Crippen molar-refractivity contribution in [2.75, 3.05) is 5.32 Å². The van der Waals surface area contributed by atoms with E-state index in [2.05, 4.69) is 15.5 Å². The lowest BCUT2D eigenvalue weighted by Gasteiger charge is -2.04. The number of rotatable bonds is 3. The number of aromatic nitrogens is 1. The van der Waals surface area contributed by atoms with Gasteiger partial charge >= 0.3 is 0 Å². The van der Waals surface area contributed by atoms with Crippen LogP contribution in [-0.4, -0.2) is 21.8 Å². The highest BCUT2D eigenvalue weighted by molar-refractivity contribution is 14.1. The van der Waals surface area contributed by atoms with Crippen molar-refractivity contribution in [3.8, 4) is 0 Å². The second kappa shape index (κ2) is 6.27. The molecule has 1 aromatic heterocycles. The van der Waals surface area contributed by atoms with Crippen LogP contribution in [0, 0.1) is 9.39 Å². The van der Waals surface area contributed by atoms with Crippen LogP contribution >= 0.6 is 33.9 Å². The van der Waals surface area contributed by atoms with E-state index in [1.165, 1.54) is 29.5 Å². The van der Waals surface area contributed by atoms with Crippen molar-refractivity contribution in [2.45, 2.75) is 6.92 Å². The zero-order valence-corrected chi connectivity index (χ0v) is 13.2. The summed E-state index contributed by atoms with van der Waals surface area (Å²) in [6, 6.07) is 3.93. The topological polar surface area (TPSA) is 74.6 Å². The number of anilines is 1. The monoisotopic (exact) mass is 405 g/mol. The van der Waals surface area contributed by atoms with Crippen molar-refractivity contribution in [1.82, 2.24) is 4.98 Å². The number of hydrogen-bond acceptors (Lipinski definition) is 5. The van der Waals surface area contributed by atoms with Gasteiger partial charge in [-0.2, -0.15) is 0 Å². The van der Waals surface area contributed by atoms with Crippen molar-refractivity contribution in [3.63, 3.8) is 0 Å². The van der Waals surface area contributed by atoms with Gasteiger partial charge in [0.15, 0.2) is 5.13 Å². The standard InChI is InChI=1S/C12H9FIN3O2S/c1-6(17-19)10-5-20-12(15-10)16-11(18)8-3-2-7(13)4-9(8)14/h2-5,19H,1H3,(H,15,16,18)/b17-6-. The predicted octanol–water partition coefficient (Wildman–Crippen LogP) is 3.34. The number of thiazole rings is 1. The lowest BCUT2D eigenvalue weighted by atomic mass is 10.2. The van der Waals surface area contributed by atoms with Crippen LogP contribution in [-0.2, 0) is 0 Å². The minimum atomic E-state index is -0.391. The van der Waals surface area contributed by atoms with Gasteiger partial charge in [-0.25, -0.2) is 9.37 Å². The van der Waals surface area contributed by atoms with Gasteiger partial charge in [0.2, 0.25) is 0 Å². The van der Waals surface area contributed by atoms with Gasteiger partial charge in [0, 0.05) is 8.95 Å². The molecule has 8 heteroatoms. The van der Waals surface area contributed by atoms with Gasteiger partial charge in [0.25, 0.3) is 5.91 Å². The Morgan fingerprint density at radius 3 is 2.95 bits per heavy atom. The Kier molecular flexibility index (Phi) is 4.65. The summed E-state index contributed by atoms with van der Waals surface area (Å²) in [6.07, 6.45) is 0. The fourth-order valence-electron chi connectivity index (χ4n) is 1.39. The third kappa shape index (κ3) is 3.31. The summed E-state index contributed by atoms with van der Waals surface area (Å²) in [7, 11) is 0. The van der Waals surface area contributed by atoms with Crippen LogP contribution in [0.25, 0.3) is 0 Å². The van der Waals surface area contributed by atoms with E-state index in [-0.39, 0.29) is 5.91 Å². The maximum absolute atomic E-state index is 13.0. The normalized spacial score (nSPS) is 11.4. The molecular formula is C12H9FIN3O2S. The SMILES string of the molecule is C/C(=N/O)c1csc(NC(=O)c2ccc(F)cc2I)n1. The molecule has 20 heavy (non-hydrogen) atoms. The molecule has 0 fully saturated rings. The number of halogens is 2. The lowest BCUT2D eigenvalue weighted by Crippen LogP contribution is -2.13. The highest BCUT2D eigenvalue weighted by Gasteiger charge is 2.13. The van der Waals surface area contributed by atoms with Crippen LogP contribution in [0.4, 0.5) is 9.52 Å². The molecule has 0 unspecified atom stereocenters.